The monoisotopic (exact) mass is 401 g/mol. The summed E-state index contributed by atoms with van der Waals surface area (Å²) in [5.41, 5.74) is 7.61. The molecule has 0 radical (unpaired) electrons. The highest BCUT2D eigenvalue weighted by Gasteiger charge is 2.18. The second-order valence-corrected chi connectivity index (χ2v) is 6.33. The van der Waals surface area contributed by atoms with E-state index in [4.69, 9.17) is 17.3 Å². The Morgan fingerprint density at radius 1 is 1.32 bits per heavy atom. The number of anilines is 1. The van der Waals surface area contributed by atoms with Gasteiger partial charge in [0.1, 0.15) is 0 Å². The smallest absolute Gasteiger partial charge is 0.271 e. The lowest BCUT2D eigenvalue weighted by Gasteiger charge is -2.14. The van der Waals surface area contributed by atoms with Crippen molar-refractivity contribution >= 4 is 28.9 Å². The predicted molar refractivity (Wildman–Crippen MR) is 109 cm³/mol. The molecule has 0 bridgehead atoms. The molecule has 2 rings (SSSR count). The molecular formula is C19H20ClN5O3. The fourth-order valence-electron chi connectivity index (χ4n) is 2.51. The van der Waals surface area contributed by atoms with Gasteiger partial charge in [0, 0.05) is 35.7 Å². The first-order valence-corrected chi connectivity index (χ1v) is 8.84. The van der Waals surface area contributed by atoms with Gasteiger partial charge in [0.05, 0.1) is 16.3 Å². The van der Waals surface area contributed by atoms with Crippen LogP contribution in [0, 0.1) is 10.1 Å². The number of carbonyl (C=O) groups excluding carboxylic acids is 1. The van der Waals surface area contributed by atoms with Crippen LogP contribution < -0.4 is 11.1 Å². The molecule has 0 aliphatic heterocycles. The molecule has 0 saturated heterocycles. The maximum absolute atomic E-state index is 12.1. The number of rotatable bonds is 9. The van der Waals surface area contributed by atoms with Crippen LogP contribution in [0.15, 0.2) is 49.6 Å². The second kappa shape index (κ2) is 9.72. The number of amides is 1. The van der Waals surface area contributed by atoms with E-state index in [2.05, 4.69) is 28.7 Å². The molecule has 1 atom stereocenters. The highest BCUT2D eigenvalue weighted by Crippen LogP contribution is 2.33. The lowest BCUT2D eigenvalue weighted by Crippen LogP contribution is -2.13. The average molecular weight is 402 g/mol. The van der Waals surface area contributed by atoms with E-state index in [0.717, 1.165) is 0 Å². The molecule has 1 heterocycles. The number of nitrogens with two attached hydrogens (primary N) is 1. The zero-order valence-corrected chi connectivity index (χ0v) is 15.9. The summed E-state index contributed by atoms with van der Waals surface area (Å²) in [6.07, 6.45) is 4.45. The van der Waals surface area contributed by atoms with Gasteiger partial charge in [-0.1, -0.05) is 23.8 Å². The number of nitro benzene ring substituents is 1. The molecule has 3 N–H and O–H groups in total. The molecular weight excluding hydrogens is 382 g/mol. The normalized spacial score (nSPS) is 11.5. The van der Waals surface area contributed by atoms with Crippen LogP contribution in [-0.2, 0) is 4.79 Å². The molecule has 2 aromatic rings. The SMILES string of the molecule is C=CCCC(=O)Nc1cc([N+](=O)[O-])ccc1-c1cc(C(N)CC=C)c(Cl)nn1. The average Bonchev–Trinajstić information content (AvgIpc) is 2.67. The predicted octanol–water partition coefficient (Wildman–Crippen LogP) is 4.19. The minimum Gasteiger partial charge on any atom is -0.325 e. The van der Waals surface area contributed by atoms with Crippen molar-refractivity contribution in [1.82, 2.24) is 10.2 Å². The summed E-state index contributed by atoms with van der Waals surface area (Å²) in [6.45, 7) is 7.23. The molecule has 0 saturated carbocycles. The maximum atomic E-state index is 12.1. The number of benzene rings is 1. The van der Waals surface area contributed by atoms with Crippen LogP contribution >= 0.6 is 11.6 Å². The van der Waals surface area contributed by atoms with Crippen LogP contribution in [0.25, 0.3) is 11.3 Å². The molecule has 0 aliphatic carbocycles. The Morgan fingerprint density at radius 2 is 2.07 bits per heavy atom. The lowest BCUT2D eigenvalue weighted by atomic mass is 10.0. The summed E-state index contributed by atoms with van der Waals surface area (Å²) in [5.74, 6) is -0.299. The van der Waals surface area contributed by atoms with E-state index in [-0.39, 0.29) is 28.9 Å². The number of nitrogens with zero attached hydrogens (tertiary/aromatic N) is 3. The molecule has 146 valence electrons. The molecule has 1 unspecified atom stereocenters. The zero-order valence-electron chi connectivity index (χ0n) is 15.1. The van der Waals surface area contributed by atoms with Crippen molar-refractivity contribution in [3.63, 3.8) is 0 Å². The van der Waals surface area contributed by atoms with E-state index in [0.29, 0.717) is 29.7 Å². The Balaban J connectivity index is 2.50. The first kappa shape index (κ1) is 21.2. The largest absolute Gasteiger partial charge is 0.325 e. The number of aromatic nitrogens is 2. The number of halogens is 1. The topological polar surface area (TPSA) is 124 Å². The lowest BCUT2D eigenvalue weighted by molar-refractivity contribution is -0.384. The molecule has 1 aromatic heterocycles. The van der Waals surface area contributed by atoms with Crippen molar-refractivity contribution in [3.8, 4) is 11.3 Å². The van der Waals surface area contributed by atoms with Crippen LogP contribution in [0.1, 0.15) is 30.9 Å². The summed E-state index contributed by atoms with van der Waals surface area (Å²) < 4.78 is 0. The highest BCUT2D eigenvalue weighted by atomic mass is 35.5. The van der Waals surface area contributed by atoms with Crippen molar-refractivity contribution in [3.05, 3.63) is 70.4 Å². The minimum atomic E-state index is -0.540. The Labute approximate surface area is 167 Å². The van der Waals surface area contributed by atoms with Crippen molar-refractivity contribution in [2.75, 3.05) is 5.32 Å². The second-order valence-electron chi connectivity index (χ2n) is 5.97. The van der Waals surface area contributed by atoms with Gasteiger partial charge in [-0.15, -0.1) is 23.4 Å². The van der Waals surface area contributed by atoms with E-state index in [1.807, 2.05) is 0 Å². The number of non-ortho nitro benzene ring substituents is 1. The van der Waals surface area contributed by atoms with E-state index in [1.165, 1.54) is 18.2 Å². The maximum Gasteiger partial charge on any atom is 0.271 e. The Bertz CT molecular complexity index is 916. The van der Waals surface area contributed by atoms with Gasteiger partial charge in [-0.2, -0.15) is 0 Å². The third kappa shape index (κ3) is 5.21. The van der Waals surface area contributed by atoms with Crippen LogP contribution in [0.3, 0.4) is 0 Å². The van der Waals surface area contributed by atoms with E-state index >= 15 is 0 Å². The fraction of sp³-hybridized carbons (Fsp3) is 0.211. The van der Waals surface area contributed by atoms with Crippen LogP contribution in [-0.4, -0.2) is 21.0 Å². The molecule has 0 spiro atoms. The number of nitrogens with one attached hydrogen (secondary N) is 1. The first-order chi connectivity index (χ1) is 13.4. The number of hydrogen-bond acceptors (Lipinski definition) is 6. The van der Waals surface area contributed by atoms with E-state index in [1.54, 1.807) is 18.2 Å². The van der Waals surface area contributed by atoms with Gasteiger partial charge in [-0.25, -0.2) is 0 Å². The van der Waals surface area contributed by atoms with Crippen molar-refractivity contribution in [1.29, 1.82) is 0 Å². The van der Waals surface area contributed by atoms with Crippen molar-refractivity contribution in [2.24, 2.45) is 5.73 Å². The summed E-state index contributed by atoms with van der Waals surface area (Å²) in [7, 11) is 0. The Hall–Kier alpha value is -3.10. The molecule has 9 heteroatoms. The highest BCUT2D eigenvalue weighted by molar-refractivity contribution is 6.30. The molecule has 1 amide bonds. The Kier molecular flexibility index (Phi) is 7.36. The molecule has 0 fully saturated rings. The fourth-order valence-corrected chi connectivity index (χ4v) is 2.74. The van der Waals surface area contributed by atoms with Crippen LogP contribution in [0.5, 0.6) is 0 Å². The van der Waals surface area contributed by atoms with Gasteiger partial charge in [0.2, 0.25) is 5.91 Å². The van der Waals surface area contributed by atoms with Crippen molar-refractivity contribution < 1.29 is 9.72 Å². The standard InChI is InChI=1S/C19H20ClN5O3/c1-3-5-7-18(26)22-16-10-12(25(27)28)8-9-13(16)17-11-14(15(21)6-4-2)19(20)24-23-17/h3-4,8-11,15H,1-2,5-7,21H2,(H,22,26). The third-order valence-electron chi connectivity index (χ3n) is 3.94. The minimum absolute atomic E-state index is 0.159. The molecule has 0 aliphatic rings. The summed E-state index contributed by atoms with van der Waals surface area (Å²) >= 11 is 6.11. The zero-order chi connectivity index (χ0) is 20.7. The van der Waals surface area contributed by atoms with Crippen LogP contribution in [0.4, 0.5) is 11.4 Å². The van der Waals surface area contributed by atoms with Gasteiger partial charge >= 0.3 is 0 Å². The van der Waals surface area contributed by atoms with E-state index in [9.17, 15) is 14.9 Å². The number of carbonyl (C=O) groups is 1. The van der Waals surface area contributed by atoms with Gasteiger partial charge in [-0.3, -0.25) is 14.9 Å². The quantitative estimate of drug-likeness (QED) is 0.369. The summed E-state index contributed by atoms with van der Waals surface area (Å²) in [5, 5.41) is 22.0. The molecule has 1 aromatic carbocycles. The number of nitro groups is 1. The van der Waals surface area contributed by atoms with Gasteiger partial charge < -0.3 is 11.1 Å². The van der Waals surface area contributed by atoms with Crippen LogP contribution in [0.2, 0.25) is 5.15 Å². The third-order valence-corrected chi connectivity index (χ3v) is 4.23. The molecule has 8 nitrogen and oxygen atoms in total. The van der Waals surface area contributed by atoms with Gasteiger partial charge in [-0.05, 0) is 25.0 Å². The summed E-state index contributed by atoms with van der Waals surface area (Å²) in [4.78, 5) is 22.7. The van der Waals surface area contributed by atoms with Gasteiger partial charge in [0.15, 0.2) is 5.15 Å². The molecule has 28 heavy (non-hydrogen) atoms. The van der Waals surface area contributed by atoms with E-state index < -0.39 is 11.0 Å². The number of allylic oxidation sites excluding steroid dienone is 1. The van der Waals surface area contributed by atoms with Crippen molar-refractivity contribution in [2.45, 2.75) is 25.3 Å². The Morgan fingerprint density at radius 3 is 2.71 bits per heavy atom. The number of hydrogen-bond donors (Lipinski definition) is 2. The van der Waals surface area contributed by atoms with Gasteiger partial charge in [0.25, 0.3) is 5.69 Å². The summed E-state index contributed by atoms with van der Waals surface area (Å²) in [6, 6.07) is 5.34. The first-order valence-electron chi connectivity index (χ1n) is 8.46.